The zero-order valence-electron chi connectivity index (χ0n) is 21.2. The predicted octanol–water partition coefficient (Wildman–Crippen LogP) is -0.524. The number of phenolic OH excluding ortho intramolecular Hbond substituents is 1. The maximum Gasteiger partial charge on any atom is 0.326 e. The molecular weight excluding hydrogens is 502 g/mol. The highest BCUT2D eigenvalue weighted by molar-refractivity contribution is 7.98. The molecule has 4 unspecified atom stereocenters. The lowest BCUT2D eigenvalue weighted by Crippen LogP contribution is -2.58. The fourth-order valence-electron chi connectivity index (χ4n) is 3.41. The van der Waals surface area contributed by atoms with E-state index < -0.39 is 60.2 Å². The molecule has 0 saturated heterocycles. The van der Waals surface area contributed by atoms with Gasteiger partial charge in [-0.1, -0.05) is 26.0 Å². The van der Waals surface area contributed by atoms with Crippen molar-refractivity contribution in [1.29, 1.82) is 0 Å². The summed E-state index contributed by atoms with van der Waals surface area (Å²) in [5.41, 5.74) is 12.0. The number of hydrogen-bond acceptors (Lipinski definition) is 8. The Morgan fingerprint density at radius 1 is 0.919 bits per heavy atom. The maximum absolute atomic E-state index is 13.0. The number of primary amides is 1. The summed E-state index contributed by atoms with van der Waals surface area (Å²) in [4.78, 5) is 61.6. The Labute approximate surface area is 220 Å². The van der Waals surface area contributed by atoms with Crippen LogP contribution in [0, 0.1) is 5.92 Å². The molecule has 37 heavy (non-hydrogen) atoms. The van der Waals surface area contributed by atoms with E-state index in [4.69, 9.17) is 11.5 Å². The Bertz CT molecular complexity index is 942. The van der Waals surface area contributed by atoms with Crippen LogP contribution in [0.15, 0.2) is 24.3 Å². The maximum atomic E-state index is 13.0. The van der Waals surface area contributed by atoms with Gasteiger partial charge in [0.1, 0.15) is 23.9 Å². The number of nitrogens with two attached hydrogens (primary N) is 2. The van der Waals surface area contributed by atoms with Crippen molar-refractivity contribution >= 4 is 41.4 Å². The van der Waals surface area contributed by atoms with Crippen LogP contribution in [0.25, 0.3) is 0 Å². The first-order valence-corrected chi connectivity index (χ1v) is 13.2. The molecule has 0 aromatic heterocycles. The SMILES string of the molecule is CSCCC(NC(=O)C(N)Cc1ccc(O)cc1)C(=O)NC(CC(N)=O)C(=O)NC(CC(C)C)C(=O)O. The number of nitrogens with one attached hydrogen (secondary N) is 3. The van der Waals surface area contributed by atoms with E-state index >= 15 is 0 Å². The first-order chi connectivity index (χ1) is 17.3. The van der Waals surface area contributed by atoms with Gasteiger partial charge in [-0.05, 0) is 54.9 Å². The van der Waals surface area contributed by atoms with Gasteiger partial charge in [0.05, 0.1) is 12.5 Å². The van der Waals surface area contributed by atoms with Gasteiger partial charge in [0.2, 0.25) is 23.6 Å². The number of hydrogen-bond donors (Lipinski definition) is 7. The third-order valence-electron chi connectivity index (χ3n) is 5.33. The van der Waals surface area contributed by atoms with E-state index in [1.807, 2.05) is 6.26 Å². The summed E-state index contributed by atoms with van der Waals surface area (Å²) in [7, 11) is 0. The lowest BCUT2D eigenvalue weighted by molar-refractivity contribution is -0.143. The van der Waals surface area contributed by atoms with Gasteiger partial charge < -0.3 is 37.6 Å². The summed E-state index contributed by atoms with van der Waals surface area (Å²) in [6, 6.07) is 1.46. The van der Waals surface area contributed by atoms with Crippen LogP contribution in [0.1, 0.15) is 38.7 Å². The highest BCUT2D eigenvalue weighted by atomic mass is 32.2. The number of amides is 4. The lowest BCUT2D eigenvalue weighted by atomic mass is 10.0. The largest absolute Gasteiger partial charge is 0.508 e. The van der Waals surface area contributed by atoms with Crippen molar-refractivity contribution in [2.24, 2.45) is 17.4 Å². The molecule has 9 N–H and O–H groups in total. The first-order valence-electron chi connectivity index (χ1n) is 11.8. The standard InChI is InChI=1S/C24H37N5O7S/c1-13(2)10-19(24(35)36)29-23(34)18(12-20(26)31)28-22(33)17(8-9-37-3)27-21(32)16(25)11-14-4-6-15(30)7-5-14/h4-7,13,16-19,30H,8-12,25H2,1-3H3,(H2,26,31)(H,27,32)(H,28,33)(H,29,34)(H,35,36). The number of rotatable bonds is 16. The molecule has 0 aliphatic carbocycles. The summed E-state index contributed by atoms with van der Waals surface area (Å²) in [6.07, 6.45) is 1.76. The fourth-order valence-corrected chi connectivity index (χ4v) is 3.88. The average molecular weight is 540 g/mol. The van der Waals surface area contributed by atoms with Crippen LogP contribution in [0.5, 0.6) is 5.75 Å². The van der Waals surface area contributed by atoms with Crippen LogP contribution in [0.2, 0.25) is 0 Å². The number of carboxylic acids is 1. The Balaban J connectivity index is 2.95. The zero-order valence-corrected chi connectivity index (χ0v) is 22.0. The van der Waals surface area contributed by atoms with Gasteiger partial charge in [0.25, 0.3) is 0 Å². The molecule has 1 rings (SSSR count). The van der Waals surface area contributed by atoms with Gasteiger partial charge in [-0.25, -0.2) is 4.79 Å². The molecule has 0 aliphatic rings. The minimum Gasteiger partial charge on any atom is -0.508 e. The normalized spacial score (nSPS) is 14.2. The van der Waals surface area contributed by atoms with Crippen molar-refractivity contribution in [2.75, 3.05) is 12.0 Å². The molecular formula is C24H37N5O7S. The van der Waals surface area contributed by atoms with Crippen LogP contribution < -0.4 is 27.4 Å². The zero-order chi connectivity index (χ0) is 28.1. The van der Waals surface area contributed by atoms with Crippen molar-refractivity contribution < 1.29 is 34.2 Å². The third kappa shape index (κ3) is 12.0. The monoisotopic (exact) mass is 539 g/mol. The molecule has 0 saturated carbocycles. The van der Waals surface area contributed by atoms with E-state index in [9.17, 15) is 34.2 Å². The predicted molar refractivity (Wildman–Crippen MR) is 139 cm³/mol. The van der Waals surface area contributed by atoms with Crippen molar-refractivity contribution in [3.8, 4) is 5.75 Å². The van der Waals surface area contributed by atoms with E-state index in [0.29, 0.717) is 11.3 Å². The molecule has 206 valence electrons. The Hall–Kier alpha value is -3.32. The van der Waals surface area contributed by atoms with Gasteiger partial charge in [-0.3, -0.25) is 19.2 Å². The molecule has 0 spiro atoms. The van der Waals surface area contributed by atoms with E-state index in [1.54, 1.807) is 26.0 Å². The van der Waals surface area contributed by atoms with Crippen LogP contribution in [-0.4, -0.2) is 76.0 Å². The van der Waals surface area contributed by atoms with Crippen LogP contribution >= 0.6 is 11.8 Å². The number of phenols is 1. The molecule has 1 aromatic carbocycles. The number of carboxylic acid groups (broad SMARTS) is 1. The Kier molecular flexibility index (Phi) is 13.5. The van der Waals surface area contributed by atoms with Crippen LogP contribution in [0.3, 0.4) is 0 Å². The van der Waals surface area contributed by atoms with E-state index in [0.717, 1.165) is 0 Å². The fraction of sp³-hybridized carbons (Fsp3) is 0.542. The Morgan fingerprint density at radius 2 is 1.46 bits per heavy atom. The van der Waals surface area contributed by atoms with Crippen molar-refractivity contribution in [2.45, 2.75) is 63.7 Å². The topological polar surface area (TPSA) is 214 Å². The number of carbonyl (C=O) groups is 5. The van der Waals surface area contributed by atoms with Crippen LogP contribution in [0.4, 0.5) is 0 Å². The molecule has 0 fully saturated rings. The van der Waals surface area contributed by atoms with Gasteiger partial charge in [0.15, 0.2) is 0 Å². The van der Waals surface area contributed by atoms with Crippen LogP contribution in [-0.2, 0) is 30.4 Å². The summed E-state index contributed by atoms with van der Waals surface area (Å²) in [5, 5.41) is 26.1. The molecule has 0 heterocycles. The van der Waals surface area contributed by atoms with Gasteiger partial charge in [-0.2, -0.15) is 11.8 Å². The number of thioether (sulfide) groups is 1. The molecule has 12 nitrogen and oxygen atoms in total. The summed E-state index contributed by atoms with van der Waals surface area (Å²) in [6.45, 7) is 3.58. The highest BCUT2D eigenvalue weighted by Crippen LogP contribution is 2.11. The minimum atomic E-state index is -1.43. The second-order valence-electron chi connectivity index (χ2n) is 9.08. The first kappa shape index (κ1) is 31.7. The van der Waals surface area contributed by atoms with Crippen molar-refractivity contribution in [3.05, 3.63) is 29.8 Å². The second-order valence-corrected chi connectivity index (χ2v) is 10.1. The van der Waals surface area contributed by atoms with E-state index in [1.165, 1.54) is 23.9 Å². The van der Waals surface area contributed by atoms with Crippen molar-refractivity contribution in [1.82, 2.24) is 16.0 Å². The summed E-state index contributed by atoms with van der Waals surface area (Å²) < 4.78 is 0. The van der Waals surface area contributed by atoms with E-state index in [-0.39, 0.29) is 30.9 Å². The molecule has 0 bridgehead atoms. The number of carbonyl (C=O) groups excluding carboxylic acids is 4. The molecule has 4 atom stereocenters. The highest BCUT2D eigenvalue weighted by Gasteiger charge is 2.31. The second kappa shape index (κ2) is 15.7. The smallest absolute Gasteiger partial charge is 0.326 e. The molecule has 4 amide bonds. The van der Waals surface area contributed by atoms with Crippen molar-refractivity contribution in [3.63, 3.8) is 0 Å². The quantitative estimate of drug-likeness (QED) is 0.144. The molecule has 0 radical (unpaired) electrons. The molecule has 13 heteroatoms. The number of aromatic hydroxyl groups is 1. The van der Waals surface area contributed by atoms with E-state index in [2.05, 4.69) is 16.0 Å². The van der Waals surface area contributed by atoms with Gasteiger partial charge >= 0.3 is 5.97 Å². The summed E-state index contributed by atoms with van der Waals surface area (Å²) >= 11 is 1.44. The third-order valence-corrected chi connectivity index (χ3v) is 5.98. The Morgan fingerprint density at radius 3 is 1.97 bits per heavy atom. The minimum absolute atomic E-state index is 0.0393. The average Bonchev–Trinajstić information content (AvgIpc) is 2.81. The molecule has 0 aliphatic heterocycles. The lowest BCUT2D eigenvalue weighted by Gasteiger charge is -2.25. The van der Waals surface area contributed by atoms with Gasteiger partial charge in [-0.15, -0.1) is 0 Å². The number of benzene rings is 1. The van der Waals surface area contributed by atoms with Gasteiger partial charge in [0, 0.05) is 0 Å². The number of aliphatic carboxylic acids is 1. The summed E-state index contributed by atoms with van der Waals surface area (Å²) in [5.74, 6) is -3.82. The molecule has 1 aromatic rings.